The van der Waals surface area contributed by atoms with Gasteiger partial charge in [-0.25, -0.2) is 14.6 Å². The highest BCUT2D eigenvalue weighted by Gasteiger charge is 2.08. The second-order valence-electron chi connectivity index (χ2n) is 4.59. The van der Waals surface area contributed by atoms with Crippen molar-refractivity contribution < 1.29 is 0 Å². The summed E-state index contributed by atoms with van der Waals surface area (Å²) in [6.45, 7) is 0. The van der Waals surface area contributed by atoms with Crippen LogP contribution in [0, 0.1) is 0 Å². The molecule has 100 valence electrons. The Bertz CT molecular complexity index is 894. The highest BCUT2D eigenvalue weighted by Crippen LogP contribution is 2.25. The molecule has 0 saturated heterocycles. The molecule has 0 amide bonds. The lowest BCUT2D eigenvalue weighted by molar-refractivity contribution is 0.840. The predicted octanol–water partition coefficient (Wildman–Crippen LogP) is 2.88. The molecule has 4 aromatic rings. The second kappa shape index (κ2) is 4.79. The Labute approximate surface area is 120 Å². The summed E-state index contributed by atoms with van der Waals surface area (Å²) in [6.07, 6.45) is 6.92. The van der Waals surface area contributed by atoms with Gasteiger partial charge in [0.05, 0.1) is 11.2 Å². The smallest absolute Gasteiger partial charge is 0.157 e. The normalized spacial score (nSPS) is 10.9. The van der Waals surface area contributed by atoms with Gasteiger partial charge in [0.15, 0.2) is 5.82 Å². The zero-order valence-electron chi connectivity index (χ0n) is 11.1. The first-order valence-corrected chi connectivity index (χ1v) is 6.58. The SMILES string of the molecule is c1cnc2c(-c3cc(-n4cccn4)ncn3)cccc2c1. The van der Waals surface area contributed by atoms with E-state index in [-0.39, 0.29) is 0 Å². The monoisotopic (exact) mass is 273 g/mol. The van der Waals surface area contributed by atoms with Gasteiger partial charge in [-0.05, 0) is 12.1 Å². The Kier molecular flexibility index (Phi) is 2.67. The van der Waals surface area contributed by atoms with Crippen LogP contribution in [0.15, 0.2) is 67.4 Å². The molecule has 4 rings (SSSR count). The molecular formula is C16H11N5. The van der Waals surface area contributed by atoms with E-state index in [9.17, 15) is 0 Å². The summed E-state index contributed by atoms with van der Waals surface area (Å²) in [4.78, 5) is 13.1. The summed E-state index contributed by atoms with van der Waals surface area (Å²) in [7, 11) is 0. The molecule has 5 heteroatoms. The Balaban J connectivity index is 1.91. The van der Waals surface area contributed by atoms with Crippen LogP contribution in [0.5, 0.6) is 0 Å². The van der Waals surface area contributed by atoms with Crippen LogP contribution in [0.4, 0.5) is 0 Å². The van der Waals surface area contributed by atoms with Crippen LogP contribution in [0.25, 0.3) is 28.0 Å². The van der Waals surface area contributed by atoms with Crippen LogP contribution in [-0.4, -0.2) is 24.7 Å². The van der Waals surface area contributed by atoms with Crippen LogP contribution in [-0.2, 0) is 0 Å². The van der Waals surface area contributed by atoms with E-state index in [1.807, 2.05) is 48.7 Å². The maximum absolute atomic E-state index is 4.47. The van der Waals surface area contributed by atoms with Crippen LogP contribution >= 0.6 is 0 Å². The van der Waals surface area contributed by atoms with E-state index in [0.717, 1.165) is 28.0 Å². The quantitative estimate of drug-likeness (QED) is 0.563. The molecule has 21 heavy (non-hydrogen) atoms. The lowest BCUT2D eigenvalue weighted by atomic mass is 10.1. The van der Waals surface area contributed by atoms with Crippen LogP contribution in [0.2, 0.25) is 0 Å². The van der Waals surface area contributed by atoms with Gasteiger partial charge >= 0.3 is 0 Å². The van der Waals surface area contributed by atoms with Gasteiger partial charge in [-0.3, -0.25) is 4.98 Å². The number of fused-ring (bicyclic) bond motifs is 1. The summed E-state index contributed by atoms with van der Waals surface area (Å²) in [6, 6.07) is 13.8. The van der Waals surface area contributed by atoms with Gasteiger partial charge in [0.25, 0.3) is 0 Å². The summed E-state index contributed by atoms with van der Waals surface area (Å²) >= 11 is 0. The molecule has 0 radical (unpaired) electrons. The van der Waals surface area contributed by atoms with E-state index >= 15 is 0 Å². The van der Waals surface area contributed by atoms with E-state index in [1.165, 1.54) is 0 Å². The predicted molar refractivity (Wildman–Crippen MR) is 79.9 cm³/mol. The molecule has 0 aliphatic heterocycles. The highest BCUT2D eigenvalue weighted by atomic mass is 15.3. The number of aromatic nitrogens is 5. The molecule has 0 aliphatic carbocycles. The summed E-state index contributed by atoms with van der Waals surface area (Å²) in [5, 5.41) is 5.29. The molecule has 3 aromatic heterocycles. The van der Waals surface area contributed by atoms with Gasteiger partial charge in [-0.1, -0.05) is 24.3 Å². The van der Waals surface area contributed by atoms with E-state index in [2.05, 4.69) is 20.1 Å². The van der Waals surface area contributed by atoms with Crippen molar-refractivity contribution in [1.82, 2.24) is 24.7 Å². The largest absolute Gasteiger partial charge is 0.256 e. The van der Waals surface area contributed by atoms with Crippen molar-refractivity contribution in [3.05, 3.63) is 67.4 Å². The average Bonchev–Trinajstić information content (AvgIpc) is 3.09. The Hall–Kier alpha value is -3.08. The first-order valence-electron chi connectivity index (χ1n) is 6.58. The number of benzene rings is 1. The topological polar surface area (TPSA) is 56.5 Å². The molecule has 0 spiro atoms. The van der Waals surface area contributed by atoms with E-state index in [1.54, 1.807) is 23.4 Å². The minimum Gasteiger partial charge on any atom is -0.256 e. The zero-order chi connectivity index (χ0) is 14.1. The fourth-order valence-corrected chi connectivity index (χ4v) is 2.33. The van der Waals surface area contributed by atoms with Crippen LogP contribution in [0.1, 0.15) is 0 Å². The van der Waals surface area contributed by atoms with Crippen molar-refractivity contribution in [3.63, 3.8) is 0 Å². The van der Waals surface area contributed by atoms with Crippen molar-refractivity contribution in [2.24, 2.45) is 0 Å². The number of hydrogen-bond acceptors (Lipinski definition) is 4. The summed E-state index contributed by atoms with van der Waals surface area (Å²) < 4.78 is 1.71. The molecule has 0 fully saturated rings. The number of nitrogens with zero attached hydrogens (tertiary/aromatic N) is 5. The molecule has 0 bridgehead atoms. The fraction of sp³-hybridized carbons (Fsp3) is 0. The lowest BCUT2D eigenvalue weighted by Crippen LogP contribution is -1.99. The van der Waals surface area contributed by atoms with Gasteiger partial charge in [0.1, 0.15) is 6.33 Å². The maximum Gasteiger partial charge on any atom is 0.157 e. The van der Waals surface area contributed by atoms with Crippen molar-refractivity contribution in [2.75, 3.05) is 0 Å². The molecule has 0 N–H and O–H groups in total. The molecule has 3 heterocycles. The molecule has 5 nitrogen and oxygen atoms in total. The number of rotatable bonds is 2. The van der Waals surface area contributed by atoms with Crippen molar-refractivity contribution >= 4 is 10.9 Å². The first kappa shape index (κ1) is 11.7. The van der Waals surface area contributed by atoms with Crippen molar-refractivity contribution in [2.45, 2.75) is 0 Å². The Morgan fingerprint density at radius 2 is 1.81 bits per heavy atom. The van der Waals surface area contributed by atoms with Crippen LogP contribution < -0.4 is 0 Å². The number of para-hydroxylation sites is 1. The standard InChI is InChI=1S/C16H11N5/c1-4-12-5-2-7-17-16(12)13(6-1)14-10-15(19-11-18-14)21-9-3-8-20-21/h1-11H. The average molecular weight is 273 g/mol. The Morgan fingerprint density at radius 3 is 2.71 bits per heavy atom. The van der Waals surface area contributed by atoms with Gasteiger partial charge in [0, 0.05) is 35.6 Å². The van der Waals surface area contributed by atoms with Gasteiger partial charge in [0.2, 0.25) is 0 Å². The molecular weight excluding hydrogens is 262 g/mol. The minimum absolute atomic E-state index is 0.734. The van der Waals surface area contributed by atoms with Crippen LogP contribution in [0.3, 0.4) is 0 Å². The van der Waals surface area contributed by atoms with Gasteiger partial charge in [-0.15, -0.1) is 0 Å². The van der Waals surface area contributed by atoms with Crippen molar-refractivity contribution in [1.29, 1.82) is 0 Å². The molecule has 0 atom stereocenters. The number of pyridine rings is 1. The molecule has 1 aromatic carbocycles. The number of hydrogen-bond donors (Lipinski definition) is 0. The maximum atomic E-state index is 4.47. The summed E-state index contributed by atoms with van der Waals surface area (Å²) in [5.41, 5.74) is 2.76. The summed E-state index contributed by atoms with van der Waals surface area (Å²) in [5.74, 6) is 0.734. The molecule has 0 aliphatic rings. The van der Waals surface area contributed by atoms with Gasteiger partial charge in [-0.2, -0.15) is 5.10 Å². The Morgan fingerprint density at radius 1 is 0.857 bits per heavy atom. The van der Waals surface area contributed by atoms with E-state index in [4.69, 9.17) is 0 Å². The third-order valence-corrected chi connectivity index (χ3v) is 3.30. The third kappa shape index (κ3) is 2.04. The zero-order valence-corrected chi connectivity index (χ0v) is 11.1. The van der Waals surface area contributed by atoms with Crippen molar-refractivity contribution in [3.8, 4) is 17.1 Å². The van der Waals surface area contributed by atoms with E-state index < -0.39 is 0 Å². The fourth-order valence-electron chi connectivity index (χ4n) is 2.33. The van der Waals surface area contributed by atoms with Gasteiger partial charge < -0.3 is 0 Å². The first-order chi connectivity index (χ1) is 10.4. The molecule has 0 unspecified atom stereocenters. The minimum atomic E-state index is 0.734. The lowest BCUT2D eigenvalue weighted by Gasteiger charge is -2.06. The highest BCUT2D eigenvalue weighted by molar-refractivity contribution is 5.92. The second-order valence-corrected chi connectivity index (χ2v) is 4.59. The molecule has 0 saturated carbocycles. The van der Waals surface area contributed by atoms with E-state index in [0.29, 0.717) is 0 Å². The third-order valence-electron chi connectivity index (χ3n) is 3.30.